The Kier molecular flexibility index (Phi) is 7.91. The van der Waals surface area contributed by atoms with Crippen molar-refractivity contribution in [2.75, 3.05) is 19.8 Å². The van der Waals surface area contributed by atoms with E-state index in [2.05, 4.69) is 27.3 Å². The third-order valence-electron chi connectivity index (χ3n) is 3.76. The van der Waals surface area contributed by atoms with Crippen molar-refractivity contribution in [1.29, 1.82) is 0 Å². The highest BCUT2D eigenvalue weighted by Crippen LogP contribution is 2.25. The Morgan fingerprint density at radius 3 is 2.80 bits per heavy atom. The van der Waals surface area contributed by atoms with Crippen molar-refractivity contribution >= 4 is 27.8 Å². The molecular formula is C18H21BrFNO4. The number of carbonyl (C=O) groups is 2. The molecule has 0 radical (unpaired) electrons. The van der Waals surface area contributed by atoms with E-state index in [1.807, 2.05) is 0 Å². The number of nitrogens with one attached hydrogen (secondary N) is 1. The lowest BCUT2D eigenvalue weighted by Crippen LogP contribution is -2.30. The second kappa shape index (κ2) is 10.2. The average Bonchev–Trinajstić information content (AvgIpc) is 2.60. The van der Waals surface area contributed by atoms with E-state index in [-0.39, 0.29) is 19.1 Å². The summed E-state index contributed by atoms with van der Waals surface area (Å²) in [7, 11) is 0. The van der Waals surface area contributed by atoms with Crippen LogP contribution in [0.15, 0.2) is 34.3 Å². The van der Waals surface area contributed by atoms with E-state index in [1.165, 1.54) is 36.6 Å². The molecule has 25 heavy (non-hydrogen) atoms. The van der Waals surface area contributed by atoms with Gasteiger partial charge in [0.25, 0.3) is 5.91 Å². The normalized spacial score (nSPS) is 13.8. The summed E-state index contributed by atoms with van der Waals surface area (Å²) in [4.78, 5) is 23.3. The van der Waals surface area contributed by atoms with Gasteiger partial charge in [0.05, 0.1) is 4.47 Å². The highest BCUT2D eigenvalue weighted by atomic mass is 79.9. The smallest absolute Gasteiger partial charge is 0.344 e. The van der Waals surface area contributed by atoms with E-state index in [4.69, 9.17) is 9.47 Å². The van der Waals surface area contributed by atoms with Crippen molar-refractivity contribution in [3.8, 4) is 5.75 Å². The summed E-state index contributed by atoms with van der Waals surface area (Å²) in [5, 5.41) is 2.73. The van der Waals surface area contributed by atoms with Gasteiger partial charge in [-0.3, -0.25) is 4.79 Å². The third kappa shape index (κ3) is 7.25. The van der Waals surface area contributed by atoms with Gasteiger partial charge in [-0.2, -0.15) is 0 Å². The number of esters is 1. The monoisotopic (exact) mass is 413 g/mol. The summed E-state index contributed by atoms with van der Waals surface area (Å²) in [5.74, 6) is -1.10. The van der Waals surface area contributed by atoms with Crippen molar-refractivity contribution in [3.05, 3.63) is 40.1 Å². The lowest BCUT2D eigenvalue weighted by molar-refractivity contribution is -0.150. The van der Waals surface area contributed by atoms with Crippen LogP contribution in [0, 0.1) is 5.82 Å². The van der Waals surface area contributed by atoms with Gasteiger partial charge in [0.1, 0.15) is 11.6 Å². The molecule has 1 N–H and O–H groups in total. The van der Waals surface area contributed by atoms with Crippen molar-refractivity contribution < 1.29 is 23.5 Å². The van der Waals surface area contributed by atoms with Crippen LogP contribution >= 0.6 is 15.9 Å². The number of amides is 1. The fraction of sp³-hybridized carbons (Fsp3) is 0.444. The lowest BCUT2D eigenvalue weighted by atomic mass is 9.97. The second-order valence-electron chi connectivity index (χ2n) is 5.73. The quantitative estimate of drug-likeness (QED) is 0.522. The molecule has 1 aromatic carbocycles. The molecule has 0 heterocycles. The molecule has 0 atom stereocenters. The summed E-state index contributed by atoms with van der Waals surface area (Å²) in [6.45, 7) is -0.155. The predicted octanol–water partition coefficient (Wildman–Crippen LogP) is 3.52. The van der Waals surface area contributed by atoms with Gasteiger partial charge in [0.2, 0.25) is 0 Å². The summed E-state index contributed by atoms with van der Waals surface area (Å²) >= 11 is 3.13. The summed E-state index contributed by atoms with van der Waals surface area (Å²) < 4.78 is 23.4. The Balaban J connectivity index is 1.60. The van der Waals surface area contributed by atoms with E-state index >= 15 is 0 Å². The van der Waals surface area contributed by atoms with Crippen LogP contribution in [0.3, 0.4) is 0 Å². The lowest BCUT2D eigenvalue weighted by Gasteiger charge is -2.13. The molecule has 0 aliphatic heterocycles. The maximum atomic E-state index is 13.0. The van der Waals surface area contributed by atoms with Crippen LogP contribution < -0.4 is 10.1 Å². The molecule has 1 aliphatic carbocycles. The first-order valence-electron chi connectivity index (χ1n) is 8.22. The van der Waals surface area contributed by atoms with Crippen LogP contribution in [0.2, 0.25) is 0 Å². The van der Waals surface area contributed by atoms with Crippen molar-refractivity contribution in [2.24, 2.45) is 0 Å². The topological polar surface area (TPSA) is 64.6 Å². The van der Waals surface area contributed by atoms with Crippen LogP contribution in [-0.4, -0.2) is 31.6 Å². The number of carbonyl (C=O) groups excluding carboxylic acids is 2. The molecule has 0 aromatic heterocycles. The summed E-state index contributed by atoms with van der Waals surface area (Å²) in [6.07, 6.45) is 7.73. The molecular weight excluding hydrogens is 393 g/mol. The maximum Gasteiger partial charge on any atom is 0.344 e. The number of benzene rings is 1. The van der Waals surface area contributed by atoms with Gasteiger partial charge in [-0.25, -0.2) is 9.18 Å². The second-order valence-corrected chi connectivity index (χ2v) is 6.59. The predicted molar refractivity (Wildman–Crippen MR) is 94.7 cm³/mol. The van der Waals surface area contributed by atoms with Gasteiger partial charge in [-0.1, -0.05) is 11.6 Å². The Morgan fingerprint density at radius 2 is 2.08 bits per heavy atom. The zero-order valence-electron chi connectivity index (χ0n) is 13.9. The molecule has 0 fully saturated rings. The van der Waals surface area contributed by atoms with Crippen molar-refractivity contribution in [2.45, 2.75) is 32.1 Å². The van der Waals surface area contributed by atoms with Gasteiger partial charge in [0.15, 0.2) is 13.2 Å². The van der Waals surface area contributed by atoms with E-state index in [9.17, 15) is 14.0 Å². The zero-order valence-corrected chi connectivity index (χ0v) is 15.4. The fourth-order valence-corrected chi connectivity index (χ4v) is 2.93. The van der Waals surface area contributed by atoms with Crippen LogP contribution in [-0.2, 0) is 14.3 Å². The standard InChI is InChI=1S/C18H21BrFNO4/c19-15-10-14(20)6-7-16(15)24-12-18(23)25-11-17(22)21-9-8-13-4-2-1-3-5-13/h4,6-7,10H,1-3,5,8-9,11-12H2,(H,21,22). The number of halogens is 2. The van der Waals surface area contributed by atoms with Gasteiger partial charge in [0, 0.05) is 6.54 Å². The van der Waals surface area contributed by atoms with Crippen molar-refractivity contribution in [1.82, 2.24) is 5.32 Å². The zero-order chi connectivity index (χ0) is 18.1. The Hall–Kier alpha value is -1.89. The Morgan fingerprint density at radius 1 is 1.24 bits per heavy atom. The van der Waals surface area contributed by atoms with Gasteiger partial charge in [-0.15, -0.1) is 0 Å². The fourth-order valence-electron chi connectivity index (χ4n) is 2.46. The first-order chi connectivity index (χ1) is 12.0. The summed E-state index contributed by atoms with van der Waals surface area (Å²) in [5.41, 5.74) is 1.38. The minimum atomic E-state index is -0.665. The molecule has 2 rings (SSSR count). The van der Waals surface area contributed by atoms with Crippen molar-refractivity contribution in [3.63, 3.8) is 0 Å². The maximum absolute atomic E-state index is 13.0. The van der Waals surface area contributed by atoms with Crippen LogP contribution in [0.4, 0.5) is 4.39 Å². The molecule has 0 saturated heterocycles. The molecule has 1 amide bonds. The molecule has 7 heteroatoms. The van der Waals surface area contributed by atoms with Gasteiger partial charge in [-0.05, 0) is 66.2 Å². The van der Waals surface area contributed by atoms with E-state index in [0.29, 0.717) is 16.8 Å². The SMILES string of the molecule is O=C(COC(=O)COc1ccc(F)cc1Br)NCCC1=CCCCC1. The highest BCUT2D eigenvalue weighted by Gasteiger charge is 2.10. The molecule has 0 saturated carbocycles. The Labute approximate surface area is 154 Å². The van der Waals surface area contributed by atoms with E-state index < -0.39 is 11.8 Å². The van der Waals surface area contributed by atoms with Crippen LogP contribution in [0.25, 0.3) is 0 Å². The molecule has 0 spiro atoms. The minimum Gasteiger partial charge on any atom is -0.481 e. The molecule has 1 aromatic rings. The largest absolute Gasteiger partial charge is 0.481 e. The highest BCUT2D eigenvalue weighted by molar-refractivity contribution is 9.10. The number of allylic oxidation sites excluding steroid dienone is 1. The van der Waals surface area contributed by atoms with Gasteiger partial charge < -0.3 is 14.8 Å². The average molecular weight is 414 g/mol. The summed E-state index contributed by atoms with van der Waals surface area (Å²) in [6, 6.07) is 3.86. The number of hydrogen-bond donors (Lipinski definition) is 1. The number of ether oxygens (including phenoxy) is 2. The molecule has 0 bridgehead atoms. The minimum absolute atomic E-state index is 0.323. The molecule has 5 nitrogen and oxygen atoms in total. The Bertz CT molecular complexity index is 648. The van der Waals surface area contributed by atoms with E-state index in [0.717, 1.165) is 19.3 Å². The molecule has 0 unspecified atom stereocenters. The first-order valence-corrected chi connectivity index (χ1v) is 9.02. The molecule has 1 aliphatic rings. The number of hydrogen-bond acceptors (Lipinski definition) is 4. The van der Waals surface area contributed by atoms with Crippen LogP contribution in [0.5, 0.6) is 5.75 Å². The molecule has 136 valence electrons. The van der Waals surface area contributed by atoms with Gasteiger partial charge >= 0.3 is 5.97 Å². The van der Waals surface area contributed by atoms with E-state index in [1.54, 1.807) is 0 Å². The van der Waals surface area contributed by atoms with Crippen LogP contribution in [0.1, 0.15) is 32.1 Å². The third-order valence-corrected chi connectivity index (χ3v) is 4.38. The number of rotatable bonds is 8. The first kappa shape index (κ1) is 19.4.